The van der Waals surface area contributed by atoms with Gasteiger partial charge in [0.1, 0.15) is 5.75 Å². The van der Waals surface area contributed by atoms with Crippen LogP contribution in [0.3, 0.4) is 0 Å². The van der Waals surface area contributed by atoms with Crippen molar-refractivity contribution < 1.29 is 5.11 Å². The molecule has 16 heavy (non-hydrogen) atoms. The third kappa shape index (κ3) is 1.82. The van der Waals surface area contributed by atoms with E-state index in [0.29, 0.717) is 5.75 Å². The minimum Gasteiger partial charge on any atom is -0.508 e. The van der Waals surface area contributed by atoms with Crippen molar-refractivity contribution in [3.05, 3.63) is 28.8 Å². The van der Waals surface area contributed by atoms with E-state index in [2.05, 4.69) is 13.8 Å². The fourth-order valence-electron chi connectivity index (χ4n) is 2.86. The summed E-state index contributed by atoms with van der Waals surface area (Å²) in [6.07, 6.45) is 5.59. The molecule has 1 saturated carbocycles. The molecule has 0 bridgehead atoms. The largest absolute Gasteiger partial charge is 0.508 e. The normalized spacial score (nSPS) is 19.7. The Hall–Kier alpha value is -1.02. The van der Waals surface area contributed by atoms with Crippen LogP contribution in [0.15, 0.2) is 12.1 Å². The van der Waals surface area contributed by atoms with Crippen LogP contribution in [0.25, 0.3) is 0 Å². The van der Waals surface area contributed by atoms with Gasteiger partial charge in [-0.15, -0.1) is 0 Å². The number of aryl methyl sites for hydroxylation is 1. The van der Waals surface area contributed by atoms with Crippen LogP contribution < -0.4 is 5.73 Å². The lowest BCUT2D eigenvalue weighted by Crippen LogP contribution is -2.39. The van der Waals surface area contributed by atoms with Gasteiger partial charge in [0.25, 0.3) is 0 Å². The number of aromatic hydroxyl groups is 1. The molecule has 2 heteroatoms. The zero-order valence-corrected chi connectivity index (χ0v) is 10.2. The maximum Gasteiger partial charge on any atom is 0.120 e. The molecule has 1 fully saturated rings. The molecular weight excluding hydrogens is 198 g/mol. The second kappa shape index (κ2) is 4.10. The summed E-state index contributed by atoms with van der Waals surface area (Å²) in [5.41, 5.74) is 9.53. The summed E-state index contributed by atoms with van der Waals surface area (Å²) in [7, 11) is 0. The molecule has 0 aliphatic heterocycles. The first-order valence-electron chi connectivity index (χ1n) is 6.13. The zero-order valence-electron chi connectivity index (χ0n) is 10.2. The highest BCUT2D eigenvalue weighted by Crippen LogP contribution is 2.41. The van der Waals surface area contributed by atoms with Crippen LogP contribution in [0.4, 0.5) is 0 Å². The molecule has 0 amide bonds. The van der Waals surface area contributed by atoms with Gasteiger partial charge in [0.05, 0.1) is 0 Å². The minimum absolute atomic E-state index is 0.307. The van der Waals surface area contributed by atoms with Gasteiger partial charge >= 0.3 is 0 Å². The fraction of sp³-hybridized carbons (Fsp3) is 0.571. The van der Waals surface area contributed by atoms with Crippen molar-refractivity contribution in [3.8, 4) is 5.75 Å². The van der Waals surface area contributed by atoms with Crippen LogP contribution in [-0.4, -0.2) is 5.11 Å². The third-order valence-electron chi connectivity index (χ3n) is 3.96. The molecule has 1 aliphatic carbocycles. The first-order valence-corrected chi connectivity index (χ1v) is 6.13. The van der Waals surface area contributed by atoms with Crippen molar-refractivity contribution in [2.45, 2.75) is 51.5 Å². The summed E-state index contributed by atoms with van der Waals surface area (Å²) in [4.78, 5) is 0. The summed E-state index contributed by atoms with van der Waals surface area (Å²) in [6, 6.07) is 3.74. The minimum atomic E-state index is -0.307. The van der Waals surface area contributed by atoms with E-state index in [1.807, 2.05) is 6.07 Å². The first kappa shape index (κ1) is 11.5. The van der Waals surface area contributed by atoms with Crippen molar-refractivity contribution in [3.63, 3.8) is 0 Å². The molecule has 3 N–H and O–H groups in total. The Bertz CT molecular complexity index is 392. The Labute approximate surface area is 97.5 Å². The highest BCUT2D eigenvalue weighted by Gasteiger charge is 2.33. The average Bonchev–Trinajstić information content (AvgIpc) is 2.25. The monoisotopic (exact) mass is 219 g/mol. The van der Waals surface area contributed by atoms with Gasteiger partial charge in [-0.1, -0.05) is 25.3 Å². The molecule has 2 nitrogen and oxygen atoms in total. The summed E-state index contributed by atoms with van der Waals surface area (Å²) in [6.45, 7) is 4.14. The lowest BCUT2D eigenvalue weighted by molar-refractivity contribution is 0.290. The van der Waals surface area contributed by atoms with E-state index in [-0.39, 0.29) is 5.54 Å². The predicted molar refractivity (Wildman–Crippen MR) is 66.5 cm³/mol. The maximum absolute atomic E-state index is 10.1. The van der Waals surface area contributed by atoms with Crippen molar-refractivity contribution in [2.24, 2.45) is 5.73 Å². The summed E-state index contributed by atoms with van der Waals surface area (Å²) < 4.78 is 0. The fourth-order valence-corrected chi connectivity index (χ4v) is 2.86. The molecule has 0 atom stereocenters. The highest BCUT2D eigenvalue weighted by atomic mass is 16.3. The Morgan fingerprint density at radius 3 is 2.38 bits per heavy atom. The molecule has 0 heterocycles. The van der Waals surface area contributed by atoms with Gasteiger partial charge in [0.15, 0.2) is 0 Å². The molecule has 0 radical (unpaired) electrons. The standard InChI is InChI=1S/C14H21NO/c1-10-6-7-12(16)13(11(10)2)14(15)8-4-3-5-9-14/h6-7,16H,3-5,8-9,15H2,1-2H3. The summed E-state index contributed by atoms with van der Waals surface area (Å²) in [5, 5.41) is 10.1. The van der Waals surface area contributed by atoms with Crippen LogP contribution in [-0.2, 0) is 5.54 Å². The van der Waals surface area contributed by atoms with Crippen LogP contribution >= 0.6 is 0 Å². The number of rotatable bonds is 1. The maximum atomic E-state index is 10.1. The molecule has 0 aromatic heterocycles. The Balaban J connectivity index is 2.49. The summed E-state index contributed by atoms with van der Waals surface area (Å²) >= 11 is 0. The van der Waals surface area contributed by atoms with Gasteiger partial charge in [0, 0.05) is 11.1 Å². The molecule has 0 unspecified atom stereocenters. The van der Waals surface area contributed by atoms with Crippen LogP contribution in [0.5, 0.6) is 5.75 Å². The van der Waals surface area contributed by atoms with Gasteiger partial charge in [0.2, 0.25) is 0 Å². The van der Waals surface area contributed by atoms with Crippen LogP contribution in [0.2, 0.25) is 0 Å². The van der Waals surface area contributed by atoms with Crippen molar-refractivity contribution in [1.82, 2.24) is 0 Å². The topological polar surface area (TPSA) is 46.2 Å². The van der Waals surface area contributed by atoms with Gasteiger partial charge in [-0.25, -0.2) is 0 Å². The first-order chi connectivity index (χ1) is 7.54. The van der Waals surface area contributed by atoms with E-state index >= 15 is 0 Å². The van der Waals surface area contributed by atoms with Crippen molar-refractivity contribution in [2.75, 3.05) is 0 Å². The lowest BCUT2D eigenvalue weighted by atomic mass is 9.75. The second-order valence-electron chi connectivity index (χ2n) is 5.12. The smallest absolute Gasteiger partial charge is 0.120 e. The molecular formula is C14H21NO. The predicted octanol–water partition coefficient (Wildman–Crippen LogP) is 3.13. The van der Waals surface area contributed by atoms with E-state index < -0.39 is 0 Å². The van der Waals surface area contributed by atoms with Gasteiger partial charge < -0.3 is 10.8 Å². The Morgan fingerprint density at radius 1 is 1.12 bits per heavy atom. The number of hydrogen-bond donors (Lipinski definition) is 2. The molecule has 0 spiro atoms. The number of hydrogen-bond acceptors (Lipinski definition) is 2. The second-order valence-corrected chi connectivity index (χ2v) is 5.12. The van der Waals surface area contributed by atoms with Crippen LogP contribution in [0.1, 0.15) is 48.8 Å². The van der Waals surface area contributed by atoms with Gasteiger partial charge in [-0.3, -0.25) is 0 Å². The Kier molecular flexibility index (Phi) is 2.94. The van der Waals surface area contributed by atoms with E-state index in [0.717, 1.165) is 24.0 Å². The quantitative estimate of drug-likeness (QED) is 0.762. The number of nitrogens with two attached hydrogens (primary N) is 1. The summed E-state index contributed by atoms with van der Waals surface area (Å²) in [5.74, 6) is 0.368. The lowest BCUT2D eigenvalue weighted by Gasteiger charge is -2.36. The SMILES string of the molecule is Cc1ccc(O)c(C2(N)CCCCC2)c1C. The van der Waals surface area contributed by atoms with Crippen LogP contribution in [0, 0.1) is 13.8 Å². The number of phenols is 1. The van der Waals surface area contributed by atoms with E-state index in [9.17, 15) is 5.11 Å². The molecule has 0 saturated heterocycles. The van der Waals surface area contributed by atoms with Gasteiger partial charge in [-0.05, 0) is 43.9 Å². The van der Waals surface area contributed by atoms with Gasteiger partial charge in [-0.2, -0.15) is 0 Å². The Morgan fingerprint density at radius 2 is 1.75 bits per heavy atom. The van der Waals surface area contributed by atoms with E-state index in [1.165, 1.54) is 24.8 Å². The number of benzene rings is 1. The average molecular weight is 219 g/mol. The van der Waals surface area contributed by atoms with Crippen molar-refractivity contribution in [1.29, 1.82) is 0 Å². The molecule has 1 aliphatic rings. The number of phenolic OH excluding ortho intramolecular Hbond substituents is 1. The third-order valence-corrected chi connectivity index (χ3v) is 3.96. The molecule has 1 aromatic rings. The van der Waals surface area contributed by atoms with Crippen molar-refractivity contribution >= 4 is 0 Å². The molecule has 2 rings (SSSR count). The molecule has 1 aromatic carbocycles. The zero-order chi connectivity index (χ0) is 11.8. The highest BCUT2D eigenvalue weighted by molar-refractivity contribution is 5.47. The van der Waals surface area contributed by atoms with E-state index in [1.54, 1.807) is 6.07 Å². The van der Waals surface area contributed by atoms with E-state index in [4.69, 9.17) is 5.73 Å². The molecule has 88 valence electrons.